The van der Waals surface area contributed by atoms with Gasteiger partial charge in [-0.2, -0.15) is 18.3 Å². The molecule has 0 unspecified atom stereocenters. The normalized spacial score (nSPS) is 11.9. The van der Waals surface area contributed by atoms with Crippen molar-refractivity contribution in [1.82, 2.24) is 9.78 Å². The van der Waals surface area contributed by atoms with E-state index in [0.717, 1.165) is 11.6 Å². The van der Waals surface area contributed by atoms with Crippen molar-refractivity contribution in [2.75, 3.05) is 6.61 Å². The van der Waals surface area contributed by atoms with Gasteiger partial charge in [0.15, 0.2) is 5.69 Å². The number of nitrogens with zero attached hydrogens (tertiary/aromatic N) is 2. The van der Waals surface area contributed by atoms with E-state index in [-0.39, 0.29) is 18.1 Å². The van der Waals surface area contributed by atoms with E-state index in [9.17, 15) is 21.6 Å². The quantitative estimate of drug-likeness (QED) is 0.613. The lowest BCUT2D eigenvalue weighted by Gasteiger charge is -2.09. The summed E-state index contributed by atoms with van der Waals surface area (Å²) in [6.45, 7) is -0.0220. The van der Waals surface area contributed by atoms with Crippen LogP contribution in [0.4, 0.5) is 13.2 Å². The summed E-state index contributed by atoms with van der Waals surface area (Å²) in [5.41, 5.74) is 1.54. The first-order chi connectivity index (χ1) is 13.3. The zero-order valence-corrected chi connectivity index (χ0v) is 15.5. The topological polar surface area (TPSA) is 72.2 Å². The van der Waals surface area contributed by atoms with E-state index >= 15 is 0 Å². The van der Waals surface area contributed by atoms with E-state index in [1.165, 1.54) is 4.68 Å². The molecule has 0 atom stereocenters. The minimum Gasteiger partial charge on any atom is -0.396 e. The Balaban J connectivity index is 2.05. The molecular weight excluding hydrogens is 393 g/mol. The third-order valence-electron chi connectivity index (χ3n) is 4.14. The Morgan fingerprint density at radius 3 is 2.11 bits per heavy atom. The highest BCUT2D eigenvalue weighted by molar-refractivity contribution is 7.71. The molecule has 0 fully saturated rings. The predicted molar refractivity (Wildman–Crippen MR) is 98.8 cm³/mol. The smallest absolute Gasteiger partial charge is 0.396 e. The number of thiol groups is 1. The fraction of sp³-hybridized carbons (Fsp3) is 0.211. The molecule has 2 aromatic carbocycles. The van der Waals surface area contributed by atoms with Gasteiger partial charge in [0.25, 0.3) is 0 Å². The lowest BCUT2D eigenvalue weighted by atomic mass is 10.1. The Hall–Kier alpha value is -2.65. The molecule has 0 aliphatic heterocycles. The van der Waals surface area contributed by atoms with E-state index in [2.05, 4.69) is 5.10 Å². The Morgan fingerprint density at radius 1 is 0.964 bits per heavy atom. The van der Waals surface area contributed by atoms with Crippen LogP contribution in [0.1, 0.15) is 16.8 Å². The molecule has 3 aromatic rings. The highest BCUT2D eigenvalue weighted by Gasteiger charge is 2.35. The largest absolute Gasteiger partial charge is 0.435 e. The van der Waals surface area contributed by atoms with Crippen molar-refractivity contribution in [1.29, 1.82) is 0 Å². The number of aromatic nitrogens is 2. The lowest BCUT2D eigenvalue weighted by Crippen LogP contribution is -2.07. The highest BCUT2D eigenvalue weighted by Crippen LogP contribution is 2.33. The number of benzene rings is 2. The van der Waals surface area contributed by atoms with Crippen molar-refractivity contribution in [3.05, 3.63) is 71.4 Å². The van der Waals surface area contributed by atoms with Gasteiger partial charge in [-0.25, -0.2) is 13.1 Å². The summed E-state index contributed by atoms with van der Waals surface area (Å²) < 4.78 is 62.5. The van der Waals surface area contributed by atoms with Gasteiger partial charge in [0.05, 0.1) is 17.1 Å². The van der Waals surface area contributed by atoms with Crippen molar-refractivity contribution in [3.8, 4) is 16.9 Å². The summed E-state index contributed by atoms with van der Waals surface area (Å²) in [5, 5.41) is 12.7. The van der Waals surface area contributed by atoms with Crippen LogP contribution in [-0.4, -0.2) is 29.9 Å². The molecular formula is C19H17F3N2O3S. The molecule has 0 amide bonds. The molecule has 0 spiro atoms. The van der Waals surface area contributed by atoms with Crippen LogP contribution >= 0.6 is 0 Å². The third-order valence-corrected chi connectivity index (χ3v) is 4.77. The minimum absolute atomic E-state index is 0.0220. The third kappa shape index (κ3) is 4.60. The number of aliphatic hydroxyl groups is 1. The Kier molecular flexibility index (Phi) is 5.85. The summed E-state index contributed by atoms with van der Waals surface area (Å²) in [7, 11) is -2.58. The van der Waals surface area contributed by atoms with Crippen LogP contribution in [0.2, 0.25) is 0 Å². The Bertz CT molecular complexity index is 1020. The predicted octanol–water partition coefficient (Wildman–Crippen LogP) is 3.20. The van der Waals surface area contributed by atoms with Crippen molar-refractivity contribution in [2.24, 2.45) is 0 Å². The SMILES string of the molecule is O=[SH](=O)Cc1ccc(-c2cc(C(F)(F)F)nn2-c2ccc(CCO)cc2)cc1. The second kappa shape index (κ2) is 8.15. The number of rotatable bonds is 6. The van der Waals surface area contributed by atoms with Crippen LogP contribution in [0.15, 0.2) is 54.6 Å². The van der Waals surface area contributed by atoms with Gasteiger partial charge in [0, 0.05) is 12.2 Å². The van der Waals surface area contributed by atoms with Crippen molar-refractivity contribution in [2.45, 2.75) is 18.3 Å². The fourth-order valence-electron chi connectivity index (χ4n) is 2.78. The van der Waals surface area contributed by atoms with Crippen molar-refractivity contribution >= 4 is 10.7 Å². The van der Waals surface area contributed by atoms with Gasteiger partial charge in [-0.3, -0.25) is 0 Å². The molecule has 0 radical (unpaired) electrons. The molecule has 9 heteroatoms. The van der Waals surface area contributed by atoms with Gasteiger partial charge < -0.3 is 5.11 Å². The molecule has 0 aliphatic carbocycles. The Labute approximate surface area is 161 Å². The van der Waals surface area contributed by atoms with Crippen LogP contribution in [0.25, 0.3) is 16.9 Å². The lowest BCUT2D eigenvalue weighted by molar-refractivity contribution is -0.141. The highest BCUT2D eigenvalue weighted by atomic mass is 32.2. The summed E-state index contributed by atoms with van der Waals surface area (Å²) in [6, 6.07) is 14.0. The number of alkyl halides is 3. The molecule has 28 heavy (non-hydrogen) atoms. The average molecular weight is 410 g/mol. The molecule has 0 bridgehead atoms. The maximum Gasteiger partial charge on any atom is 0.435 e. The molecule has 0 aliphatic rings. The molecule has 1 N–H and O–H groups in total. The van der Waals surface area contributed by atoms with Crippen LogP contribution in [0.3, 0.4) is 0 Å². The van der Waals surface area contributed by atoms with Gasteiger partial charge in [-0.05, 0) is 35.7 Å². The van der Waals surface area contributed by atoms with Crippen LogP contribution in [0.5, 0.6) is 0 Å². The van der Waals surface area contributed by atoms with E-state index in [1.807, 2.05) is 0 Å². The number of aliphatic hydroxyl groups excluding tert-OH is 1. The summed E-state index contributed by atoms with van der Waals surface area (Å²) in [6.07, 6.45) is -4.15. The summed E-state index contributed by atoms with van der Waals surface area (Å²) in [4.78, 5) is 0. The molecule has 5 nitrogen and oxygen atoms in total. The second-order valence-corrected chi connectivity index (χ2v) is 7.13. The minimum atomic E-state index is -4.60. The van der Waals surface area contributed by atoms with E-state index in [0.29, 0.717) is 23.2 Å². The maximum atomic E-state index is 13.2. The fourth-order valence-corrected chi connectivity index (χ4v) is 3.29. The zero-order chi connectivity index (χ0) is 20.3. The van der Waals surface area contributed by atoms with Crippen LogP contribution < -0.4 is 0 Å². The molecule has 1 heterocycles. The van der Waals surface area contributed by atoms with Crippen molar-refractivity contribution < 1.29 is 26.7 Å². The first-order valence-corrected chi connectivity index (χ1v) is 9.73. The second-order valence-electron chi connectivity index (χ2n) is 6.15. The van der Waals surface area contributed by atoms with E-state index in [1.54, 1.807) is 48.5 Å². The van der Waals surface area contributed by atoms with Gasteiger partial charge in [-0.1, -0.05) is 36.4 Å². The molecule has 0 saturated heterocycles. The first-order valence-electron chi connectivity index (χ1n) is 8.36. The van der Waals surface area contributed by atoms with E-state index in [4.69, 9.17) is 5.11 Å². The molecule has 0 saturated carbocycles. The first kappa shape index (κ1) is 20.1. The Morgan fingerprint density at radius 2 is 1.57 bits per heavy atom. The van der Waals surface area contributed by atoms with Gasteiger partial charge >= 0.3 is 6.18 Å². The summed E-state index contributed by atoms with van der Waals surface area (Å²) in [5.74, 6) is -0.130. The summed E-state index contributed by atoms with van der Waals surface area (Å²) >= 11 is 0. The van der Waals surface area contributed by atoms with Gasteiger partial charge in [-0.15, -0.1) is 0 Å². The van der Waals surface area contributed by atoms with Gasteiger partial charge in [0.1, 0.15) is 10.7 Å². The zero-order valence-electron chi connectivity index (χ0n) is 14.6. The maximum absolute atomic E-state index is 13.2. The molecule has 1 aromatic heterocycles. The van der Waals surface area contributed by atoms with E-state index < -0.39 is 22.6 Å². The van der Waals surface area contributed by atoms with Crippen LogP contribution in [0, 0.1) is 0 Å². The monoisotopic (exact) mass is 410 g/mol. The number of hydrogen-bond acceptors (Lipinski definition) is 4. The molecule has 3 rings (SSSR count). The van der Waals surface area contributed by atoms with Crippen molar-refractivity contribution in [3.63, 3.8) is 0 Å². The van der Waals surface area contributed by atoms with Crippen LogP contribution in [-0.2, 0) is 29.1 Å². The average Bonchev–Trinajstić information content (AvgIpc) is 3.08. The molecule has 148 valence electrons. The standard InChI is InChI=1S/C19H17F3N2O3S/c20-19(21,22)18-11-17(15-5-1-14(2-6-15)12-28(26)27)24(23-18)16-7-3-13(4-8-16)9-10-25/h1-8,11,25,28H,9-10,12H2. The van der Waals surface area contributed by atoms with Gasteiger partial charge in [0.2, 0.25) is 0 Å². The number of hydrogen-bond donors (Lipinski definition) is 2. The number of halogens is 3.